The van der Waals surface area contributed by atoms with E-state index in [0.29, 0.717) is 12.3 Å². The standard InChI is InChI=1S/C17H18ClNOS/c18-16-8-4-7-15(11-16)12-21-13-17(20)19-10-9-14-5-2-1-3-6-14/h1-8,11H,9-10,12-13H2,(H,19,20). The van der Waals surface area contributed by atoms with Gasteiger partial charge in [-0.3, -0.25) is 4.79 Å². The number of rotatable bonds is 7. The maximum atomic E-state index is 11.7. The number of thioether (sulfide) groups is 1. The molecule has 0 fully saturated rings. The molecule has 0 atom stereocenters. The van der Waals surface area contributed by atoms with E-state index in [9.17, 15) is 4.79 Å². The molecule has 0 unspecified atom stereocenters. The fraction of sp³-hybridized carbons (Fsp3) is 0.235. The molecular weight excluding hydrogens is 302 g/mol. The molecule has 0 spiro atoms. The Labute approximate surface area is 134 Å². The zero-order valence-corrected chi connectivity index (χ0v) is 13.3. The first-order valence-electron chi connectivity index (χ1n) is 6.87. The van der Waals surface area contributed by atoms with E-state index in [1.165, 1.54) is 5.56 Å². The first-order chi connectivity index (χ1) is 10.2. The van der Waals surface area contributed by atoms with E-state index in [-0.39, 0.29) is 5.91 Å². The average molecular weight is 320 g/mol. The number of hydrogen-bond acceptors (Lipinski definition) is 2. The molecule has 0 aromatic heterocycles. The average Bonchev–Trinajstić information content (AvgIpc) is 2.48. The highest BCUT2D eigenvalue weighted by Gasteiger charge is 2.02. The molecule has 2 aromatic carbocycles. The lowest BCUT2D eigenvalue weighted by molar-refractivity contribution is -0.118. The van der Waals surface area contributed by atoms with Crippen LogP contribution < -0.4 is 5.32 Å². The second-order valence-electron chi connectivity index (χ2n) is 4.71. The molecule has 1 amide bonds. The summed E-state index contributed by atoms with van der Waals surface area (Å²) in [6.07, 6.45) is 0.867. The molecule has 0 aliphatic rings. The maximum absolute atomic E-state index is 11.7. The first kappa shape index (κ1) is 15.9. The topological polar surface area (TPSA) is 29.1 Å². The Morgan fingerprint density at radius 3 is 2.57 bits per heavy atom. The quantitative estimate of drug-likeness (QED) is 0.837. The van der Waals surface area contributed by atoms with E-state index in [1.807, 2.05) is 42.5 Å². The number of carbonyl (C=O) groups excluding carboxylic acids is 1. The smallest absolute Gasteiger partial charge is 0.230 e. The van der Waals surface area contributed by atoms with Crippen LogP contribution in [0.4, 0.5) is 0 Å². The molecule has 0 saturated heterocycles. The summed E-state index contributed by atoms with van der Waals surface area (Å²) in [5.74, 6) is 1.35. The number of benzene rings is 2. The van der Waals surface area contributed by atoms with Crippen molar-refractivity contribution in [1.82, 2.24) is 5.32 Å². The number of carbonyl (C=O) groups is 1. The Morgan fingerprint density at radius 1 is 1.05 bits per heavy atom. The van der Waals surface area contributed by atoms with Crippen molar-refractivity contribution in [3.8, 4) is 0 Å². The van der Waals surface area contributed by atoms with Gasteiger partial charge in [0.05, 0.1) is 5.75 Å². The summed E-state index contributed by atoms with van der Waals surface area (Å²) < 4.78 is 0. The van der Waals surface area contributed by atoms with Crippen LogP contribution in [-0.2, 0) is 17.0 Å². The van der Waals surface area contributed by atoms with Crippen molar-refractivity contribution < 1.29 is 4.79 Å². The van der Waals surface area contributed by atoms with Crippen molar-refractivity contribution in [3.63, 3.8) is 0 Å². The van der Waals surface area contributed by atoms with Gasteiger partial charge in [-0.15, -0.1) is 11.8 Å². The largest absolute Gasteiger partial charge is 0.355 e. The summed E-state index contributed by atoms with van der Waals surface area (Å²) in [5.41, 5.74) is 2.38. The van der Waals surface area contributed by atoms with Gasteiger partial charge in [-0.25, -0.2) is 0 Å². The van der Waals surface area contributed by atoms with Crippen molar-refractivity contribution in [2.24, 2.45) is 0 Å². The normalized spacial score (nSPS) is 10.3. The van der Waals surface area contributed by atoms with Crippen molar-refractivity contribution in [2.75, 3.05) is 12.3 Å². The summed E-state index contributed by atoms with van der Waals surface area (Å²) in [4.78, 5) is 11.7. The highest BCUT2D eigenvalue weighted by molar-refractivity contribution is 7.99. The van der Waals surface area contributed by atoms with E-state index >= 15 is 0 Å². The molecule has 0 radical (unpaired) electrons. The highest BCUT2D eigenvalue weighted by atomic mass is 35.5. The minimum Gasteiger partial charge on any atom is -0.355 e. The minimum atomic E-state index is 0.0814. The Bertz CT molecular complexity index is 574. The van der Waals surface area contributed by atoms with E-state index in [2.05, 4.69) is 17.4 Å². The van der Waals surface area contributed by atoms with Crippen molar-refractivity contribution >= 4 is 29.3 Å². The molecule has 0 bridgehead atoms. The molecule has 2 aromatic rings. The lowest BCUT2D eigenvalue weighted by atomic mass is 10.1. The number of nitrogens with one attached hydrogen (secondary N) is 1. The Kier molecular flexibility index (Phi) is 6.64. The van der Waals surface area contributed by atoms with Gasteiger partial charge in [0, 0.05) is 17.3 Å². The van der Waals surface area contributed by atoms with Crippen molar-refractivity contribution in [3.05, 3.63) is 70.7 Å². The van der Waals surface area contributed by atoms with Crippen LogP contribution in [0.3, 0.4) is 0 Å². The van der Waals surface area contributed by atoms with Crippen LogP contribution in [0.5, 0.6) is 0 Å². The fourth-order valence-electron chi connectivity index (χ4n) is 1.93. The maximum Gasteiger partial charge on any atom is 0.230 e. The van der Waals surface area contributed by atoms with E-state index < -0.39 is 0 Å². The molecule has 0 heterocycles. The van der Waals surface area contributed by atoms with Crippen molar-refractivity contribution in [2.45, 2.75) is 12.2 Å². The van der Waals surface area contributed by atoms with Crippen LogP contribution in [-0.4, -0.2) is 18.2 Å². The van der Waals surface area contributed by atoms with Crippen LogP contribution in [0, 0.1) is 0 Å². The molecule has 110 valence electrons. The van der Waals surface area contributed by atoms with Gasteiger partial charge in [-0.05, 0) is 29.7 Å². The zero-order valence-electron chi connectivity index (χ0n) is 11.7. The molecule has 0 saturated carbocycles. The van der Waals surface area contributed by atoms with Crippen molar-refractivity contribution in [1.29, 1.82) is 0 Å². The van der Waals surface area contributed by atoms with Crippen LogP contribution in [0.2, 0.25) is 5.02 Å². The van der Waals surface area contributed by atoms with Gasteiger partial charge in [0.25, 0.3) is 0 Å². The monoisotopic (exact) mass is 319 g/mol. The lowest BCUT2D eigenvalue weighted by Crippen LogP contribution is -2.27. The molecule has 21 heavy (non-hydrogen) atoms. The van der Waals surface area contributed by atoms with Gasteiger partial charge >= 0.3 is 0 Å². The van der Waals surface area contributed by atoms with E-state index in [0.717, 1.165) is 22.8 Å². The van der Waals surface area contributed by atoms with Gasteiger partial charge in [0.15, 0.2) is 0 Å². The van der Waals surface area contributed by atoms with Crippen LogP contribution in [0.25, 0.3) is 0 Å². The summed E-state index contributed by atoms with van der Waals surface area (Å²) in [5, 5.41) is 3.68. The van der Waals surface area contributed by atoms with Gasteiger partial charge in [0.2, 0.25) is 5.91 Å². The summed E-state index contributed by atoms with van der Waals surface area (Å²) >= 11 is 7.52. The number of hydrogen-bond donors (Lipinski definition) is 1. The SMILES string of the molecule is O=C(CSCc1cccc(Cl)c1)NCCc1ccccc1. The first-order valence-corrected chi connectivity index (χ1v) is 8.40. The Balaban J connectivity index is 1.61. The number of amides is 1. The minimum absolute atomic E-state index is 0.0814. The second-order valence-corrected chi connectivity index (χ2v) is 6.13. The van der Waals surface area contributed by atoms with Crippen LogP contribution in [0.1, 0.15) is 11.1 Å². The molecule has 0 aliphatic heterocycles. The third-order valence-corrected chi connectivity index (χ3v) is 4.21. The van der Waals surface area contributed by atoms with E-state index in [4.69, 9.17) is 11.6 Å². The van der Waals surface area contributed by atoms with Gasteiger partial charge in [0.1, 0.15) is 0 Å². The predicted octanol–water partition coefficient (Wildman–Crippen LogP) is 3.93. The lowest BCUT2D eigenvalue weighted by Gasteiger charge is -2.06. The number of halogens is 1. The fourth-order valence-corrected chi connectivity index (χ4v) is 2.95. The second kappa shape index (κ2) is 8.75. The highest BCUT2D eigenvalue weighted by Crippen LogP contribution is 2.16. The summed E-state index contributed by atoms with van der Waals surface area (Å²) in [7, 11) is 0. The van der Waals surface area contributed by atoms with Crippen LogP contribution >= 0.6 is 23.4 Å². The van der Waals surface area contributed by atoms with Crippen LogP contribution in [0.15, 0.2) is 54.6 Å². The molecule has 0 aliphatic carbocycles. The Hall–Kier alpha value is -1.45. The summed E-state index contributed by atoms with van der Waals surface area (Å²) in [6, 6.07) is 17.9. The predicted molar refractivity (Wildman–Crippen MR) is 90.8 cm³/mol. The van der Waals surface area contributed by atoms with E-state index in [1.54, 1.807) is 11.8 Å². The zero-order chi connectivity index (χ0) is 14.9. The van der Waals surface area contributed by atoms with Gasteiger partial charge in [-0.1, -0.05) is 54.1 Å². The third kappa shape index (κ3) is 6.23. The molecular formula is C17H18ClNOS. The van der Waals surface area contributed by atoms with Gasteiger partial charge < -0.3 is 5.32 Å². The summed E-state index contributed by atoms with van der Waals surface area (Å²) in [6.45, 7) is 0.681. The molecule has 2 nitrogen and oxygen atoms in total. The molecule has 4 heteroatoms. The third-order valence-electron chi connectivity index (χ3n) is 2.97. The Morgan fingerprint density at radius 2 is 1.81 bits per heavy atom. The molecule has 1 N–H and O–H groups in total. The van der Waals surface area contributed by atoms with Gasteiger partial charge in [-0.2, -0.15) is 0 Å². The molecule has 2 rings (SSSR count).